The Bertz CT molecular complexity index is 430. The summed E-state index contributed by atoms with van der Waals surface area (Å²) in [5, 5.41) is 18.4. The van der Waals surface area contributed by atoms with Crippen LogP contribution in [0.15, 0.2) is 12.1 Å². The molecule has 0 aliphatic carbocycles. The fourth-order valence-corrected chi connectivity index (χ4v) is 1.97. The molecule has 0 saturated carbocycles. The summed E-state index contributed by atoms with van der Waals surface area (Å²) in [5.41, 5.74) is 8.06. The van der Waals surface area contributed by atoms with Crippen molar-refractivity contribution in [2.45, 2.75) is 25.7 Å². The average molecular weight is 223 g/mol. The van der Waals surface area contributed by atoms with E-state index in [0.29, 0.717) is 18.8 Å². The Hall–Kier alpha value is -1.59. The number of hydrogen-bond acceptors (Lipinski definition) is 4. The average Bonchev–Trinajstić information content (AvgIpc) is 2.63. The predicted octanol–water partition coefficient (Wildman–Crippen LogP) is 0.897. The molecule has 0 spiro atoms. The second-order valence-corrected chi connectivity index (χ2v) is 3.83. The molecule has 1 aromatic rings. The Morgan fingerprint density at radius 3 is 2.94 bits per heavy atom. The van der Waals surface area contributed by atoms with Gasteiger partial charge in [0.1, 0.15) is 5.75 Å². The van der Waals surface area contributed by atoms with Crippen molar-refractivity contribution >= 4 is 5.97 Å². The molecule has 86 valence electrons. The number of benzene rings is 1. The number of rotatable bonds is 3. The van der Waals surface area contributed by atoms with Crippen LogP contribution >= 0.6 is 0 Å². The van der Waals surface area contributed by atoms with Crippen molar-refractivity contribution in [1.29, 1.82) is 0 Å². The van der Waals surface area contributed by atoms with Crippen molar-refractivity contribution in [2.75, 3.05) is 0 Å². The van der Waals surface area contributed by atoms with Gasteiger partial charge in [-0.25, -0.2) is 0 Å². The fourth-order valence-electron chi connectivity index (χ4n) is 1.97. The van der Waals surface area contributed by atoms with Gasteiger partial charge in [-0.05, 0) is 17.2 Å². The lowest BCUT2D eigenvalue weighted by Crippen LogP contribution is -2.17. The summed E-state index contributed by atoms with van der Waals surface area (Å²) in [4.78, 5) is 10.6. The van der Waals surface area contributed by atoms with Gasteiger partial charge in [-0.2, -0.15) is 0 Å². The maximum atomic E-state index is 10.6. The van der Waals surface area contributed by atoms with E-state index in [1.165, 1.54) is 6.07 Å². The van der Waals surface area contributed by atoms with Gasteiger partial charge < -0.3 is 20.7 Å². The smallest absolute Gasteiger partial charge is 0.305 e. The van der Waals surface area contributed by atoms with Gasteiger partial charge in [-0.15, -0.1) is 0 Å². The number of phenols is 1. The molecule has 2 rings (SSSR count). The molecule has 1 heterocycles. The summed E-state index contributed by atoms with van der Waals surface area (Å²) >= 11 is 0. The lowest BCUT2D eigenvalue weighted by molar-refractivity contribution is -0.137. The number of carboxylic acid groups (broad SMARTS) is 1. The Kier molecular flexibility index (Phi) is 2.80. The number of hydrogen-bond donors (Lipinski definition) is 3. The third-order valence-electron chi connectivity index (χ3n) is 2.70. The van der Waals surface area contributed by atoms with Gasteiger partial charge in [0.25, 0.3) is 0 Å². The molecule has 0 fully saturated rings. The van der Waals surface area contributed by atoms with Gasteiger partial charge in [0, 0.05) is 11.6 Å². The first kappa shape index (κ1) is 10.9. The van der Waals surface area contributed by atoms with Crippen molar-refractivity contribution in [3.8, 4) is 5.75 Å². The van der Waals surface area contributed by atoms with Gasteiger partial charge in [-0.1, -0.05) is 6.07 Å². The van der Waals surface area contributed by atoms with Crippen molar-refractivity contribution in [3.05, 3.63) is 28.8 Å². The number of carboxylic acids is 1. The number of phenolic OH excluding ortho intramolecular Hbond substituents is 1. The summed E-state index contributed by atoms with van der Waals surface area (Å²) in [6, 6.07) is 2.60. The van der Waals surface area contributed by atoms with E-state index in [9.17, 15) is 9.90 Å². The normalized spacial score (nSPS) is 15.8. The summed E-state index contributed by atoms with van der Waals surface area (Å²) < 4.78 is 5.25. The van der Waals surface area contributed by atoms with E-state index in [1.807, 2.05) is 0 Å². The van der Waals surface area contributed by atoms with Gasteiger partial charge in [0.2, 0.25) is 0 Å². The molecular formula is C11H13NO4. The van der Waals surface area contributed by atoms with Crippen LogP contribution in [0.1, 0.15) is 29.2 Å². The van der Waals surface area contributed by atoms with Crippen LogP contribution in [0, 0.1) is 0 Å². The molecular weight excluding hydrogens is 210 g/mol. The monoisotopic (exact) mass is 223 g/mol. The highest BCUT2D eigenvalue weighted by atomic mass is 16.5. The molecule has 1 aromatic carbocycles. The maximum absolute atomic E-state index is 10.6. The van der Waals surface area contributed by atoms with Gasteiger partial charge in [0.15, 0.2) is 0 Å². The quantitative estimate of drug-likeness (QED) is 0.707. The van der Waals surface area contributed by atoms with Crippen molar-refractivity contribution in [3.63, 3.8) is 0 Å². The minimum atomic E-state index is -0.983. The number of aliphatic carboxylic acids is 1. The summed E-state index contributed by atoms with van der Waals surface area (Å²) in [6.45, 7) is 0.870. The first-order valence-electron chi connectivity index (χ1n) is 4.98. The summed E-state index contributed by atoms with van der Waals surface area (Å²) in [6.07, 6.45) is -0.204. The standard InChI is InChI=1S/C11H13NO4/c12-8(3-10(14)15)11-7-5-16-4-6(7)1-2-9(11)13/h1-2,8,13H,3-5,12H2,(H,14,15). The Balaban J connectivity index is 2.39. The zero-order valence-electron chi connectivity index (χ0n) is 8.64. The SMILES string of the molecule is NC(CC(=O)O)c1c(O)ccc2c1COC2. The Morgan fingerprint density at radius 2 is 2.25 bits per heavy atom. The zero-order chi connectivity index (χ0) is 11.7. The van der Waals surface area contributed by atoms with E-state index >= 15 is 0 Å². The Labute approximate surface area is 92.5 Å². The minimum absolute atomic E-state index is 0.0398. The van der Waals surface area contributed by atoms with Crippen LogP contribution < -0.4 is 5.73 Å². The van der Waals surface area contributed by atoms with Crippen LogP contribution in [0.4, 0.5) is 0 Å². The molecule has 16 heavy (non-hydrogen) atoms. The predicted molar refractivity (Wildman–Crippen MR) is 55.8 cm³/mol. The second-order valence-electron chi connectivity index (χ2n) is 3.83. The molecule has 0 radical (unpaired) electrons. The molecule has 4 N–H and O–H groups in total. The van der Waals surface area contributed by atoms with E-state index in [1.54, 1.807) is 6.07 Å². The highest BCUT2D eigenvalue weighted by Gasteiger charge is 2.23. The van der Waals surface area contributed by atoms with Crippen molar-refractivity contribution in [2.24, 2.45) is 5.73 Å². The fraction of sp³-hybridized carbons (Fsp3) is 0.364. The first-order valence-corrected chi connectivity index (χ1v) is 4.98. The minimum Gasteiger partial charge on any atom is -0.508 e. The molecule has 1 aliphatic rings. The molecule has 0 bridgehead atoms. The topological polar surface area (TPSA) is 92.8 Å². The molecule has 5 nitrogen and oxygen atoms in total. The summed E-state index contributed by atoms with van der Waals surface area (Å²) in [7, 11) is 0. The number of nitrogens with two attached hydrogens (primary N) is 1. The van der Waals surface area contributed by atoms with Crippen molar-refractivity contribution in [1.82, 2.24) is 0 Å². The summed E-state index contributed by atoms with van der Waals surface area (Å²) in [5.74, 6) is -0.943. The lowest BCUT2D eigenvalue weighted by Gasteiger charge is -2.15. The highest BCUT2D eigenvalue weighted by Crippen LogP contribution is 2.34. The number of aromatic hydroxyl groups is 1. The largest absolute Gasteiger partial charge is 0.508 e. The van der Waals surface area contributed by atoms with E-state index in [2.05, 4.69) is 0 Å². The van der Waals surface area contributed by atoms with Gasteiger partial charge in [-0.3, -0.25) is 4.79 Å². The van der Waals surface area contributed by atoms with E-state index in [0.717, 1.165) is 11.1 Å². The number of carbonyl (C=O) groups is 1. The molecule has 0 aromatic heterocycles. The van der Waals surface area contributed by atoms with Crippen LogP contribution in [0.3, 0.4) is 0 Å². The van der Waals surface area contributed by atoms with E-state index in [-0.39, 0.29) is 12.2 Å². The highest BCUT2D eigenvalue weighted by molar-refractivity contribution is 5.68. The van der Waals surface area contributed by atoms with E-state index in [4.69, 9.17) is 15.6 Å². The third kappa shape index (κ3) is 1.87. The van der Waals surface area contributed by atoms with Crippen LogP contribution in [0.5, 0.6) is 5.75 Å². The zero-order valence-corrected chi connectivity index (χ0v) is 8.64. The van der Waals surface area contributed by atoms with Crippen LogP contribution in [-0.2, 0) is 22.7 Å². The third-order valence-corrected chi connectivity index (χ3v) is 2.70. The Morgan fingerprint density at radius 1 is 1.50 bits per heavy atom. The molecule has 1 atom stereocenters. The molecule has 0 amide bonds. The molecule has 5 heteroatoms. The number of fused-ring (bicyclic) bond motifs is 1. The van der Waals surface area contributed by atoms with E-state index < -0.39 is 12.0 Å². The van der Waals surface area contributed by atoms with Crippen LogP contribution in [0.25, 0.3) is 0 Å². The second kappa shape index (κ2) is 4.11. The molecule has 1 unspecified atom stereocenters. The maximum Gasteiger partial charge on any atom is 0.305 e. The van der Waals surface area contributed by atoms with Gasteiger partial charge in [0.05, 0.1) is 19.6 Å². The van der Waals surface area contributed by atoms with Crippen molar-refractivity contribution < 1.29 is 19.7 Å². The van der Waals surface area contributed by atoms with Gasteiger partial charge >= 0.3 is 5.97 Å². The first-order chi connectivity index (χ1) is 7.59. The molecule has 0 saturated heterocycles. The molecule has 1 aliphatic heterocycles. The van der Waals surface area contributed by atoms with Crippen LogP contribution in [-0.4, -0.2) is 16.2 Å². The van der Waals surface area contributed by atoms with Crippen LogP contribution in [0.2, 0.25) is 0 Å². The number of ether oxygens (including phenoxy) is 1. The lowest BCUT2D eigenvalue weighted by atomic mass is 9.95.